The monoisotopic (exact) mass is 272 g/mol. The van der Waals surface area contributed by atoms with Gasteiger partial charge in [-0.3, -0.25) is 4.98 Å². The Kier molecular flexibility index (Phi) is 4.91. The summed E-state index contributed by atoms with van der Waals surface area (Å²) < 4.78 is 13.6. The van der Waals surface area contributed by atoms with Crippen LogP contribution < -0.4 is 5.32 Å². The van der Waals surface area contributed by atoms with Crippen molar-refractivity contribution in [2.24, 2.45) is 0 Å². The molecule has 82 valence electrons. The summed E-state index contributed by atoms with van der Waals surface area (Å²) in [4.78, 5) is 4.04. The van der Waals surface area contributed by atoms with E-state index in [0.717, 1.165) is 16.6 Å². The lowest BCUT2D eigenvalue weighted by molar-refractivity contribution is 0.531. The van der Waals surface area contributed by atoms with Crippen molar-refractivity contribution in [2.45, 2.75) is 19.4 Å². The normalized spacial score (nSPS) is 12.5. The van der Waals surface area contributed by atoms with Gasteiger partial charge < -0.3 is 5.32 Å². The van der Waals surface area contributed by atoms with Gasteiger partial charge in [0, 0.05) is 17.1 Å². The predicted molar refractivity (Wildman–Crippen MR) is 63.3 cm³/mol. The Bertz CT molecular complexity index is 324. The molecule has 0 aliphatic rings. The molecule has 0 aliphatic heterocycles. The van der Waals surface area contributed by atoms with Crippen LogP contribution in [-0.4, -0.2) is 11.5 Å². The fourth-order valence-corrected chi connectivity index (χ4v) is 1.45. The lowest BCUT2D eigenvalue weighted by Crippen LogP contribution is -2.22. The lowest BCUT2D eigenvalue weighted by atomic mass is 10.1. The molecule has 4 heteroatoms. The topological polar surface area (TPSA) is 24.9 Å². The quantitative estimate of drug-likeness (QED) is 0.891. The summed E-state index contributed by atoms with van der Waals surface area (Å²) in [6.07, 6.45) is 2.14. The van der Waals surface area contributed by atoms with Crippen LogP contribution in [0.4, 0.5) is 4.39 Å². The van der Waals surface area contributed by atoms with Crippen molar-refractivity contribution >= 4 is 15.9 Å². The highest BCUT2D eigenvalue weighted by molar-refractivity contribution is 9.11. The first kappa shape index (κ1) is 12.3. The minimum atomic E-state index is -0.307. The molecule has 2 nitrogen and oxygen atoms in total. The molecule has 0 bridgehead atoms. The Balaban J connectivity index is 2.65. The summed E-state index contributed by atoms with van der Waals surface area (Å²) in [5, 5.41) is 3.27. The molecule has 0 aromatic carbocycles. The molecule has 15 heavy (non-hydrogen) atoms. The molecule has 1 aromatic rings. The van der Waals surface area contributed by atoms with Crippen LogP contribution in [0, 0.1) is 5.82 Å². The second kappa shape index (κ2) is 5.98. The summed E-state index contributed by atoms with van der Waals surface area (Å²) in [6, 6.07) is 3.27. The molecule has 1 rings (SSSR count). The van der Waals surface area contributed by atoms with Crippen LogP contribution in [0.1, 0.15) is 25.1 Å². The van der Waals surface area contributed by atoms with Gasteiger partial charge in [0.05, 0.1) is 11.9 Å². The average molecular weight is 273 g/mol. The van der Waals surface area contributed by atoms with E-state index >= 15 is 0 Å². The van der Waals surface area contributed by atoms with Crippen LogP contribution in [0.25, 0.3) is 0 Å². The Hall–Kier alpha value is -0.740. The molecule has 1 N–H and O–H groups in total. The van der Waals surface area contributed by atoms with Gasteiger partial charge in [0.25, 0.3) is 0 Å². The third-order valence-corrected chi connectivity index (χ3v) is 2.34. The van der Waals surface area contributed by atoms with E-state index in [1.165, 1.54) is 12.3 Å². The zero-order chi connectivity index (χ0) is 11.3. The number of halogens is 2. The molecular weight excluding hydrogens is 259 g/mol. The molecule has 0 spiro atoms. The summed E-state index contributed by atoms with van der Waals surface area (Å²) in [7, 11) is 0. The first-order valence-corrected chi connectivity index (χ1v) is 5.61. The first-order chi connectivity index (χ1) is 7.13. The zero-order valence-electron chi connectivity index (χ0n) is 8.63. The van der Waals surface area contributed by atoms with E-state index in [1.807, 2.05) is 0 Å². The smallest absolute Gasteiger partial charge is 0.141 e. The third-order valence-electron chi connectivity index (χ3n) is 2.06. The second-order valence-electron chi connectivity index (χ2n) is 3.26. The Labute approximate surface area is 97.7 Å². The maximum absolute atomic E-state index is 12.7. The molecule has 0 aliphatic carbocycles. The van der Waals surface area contributed by atoms with E-state index in [0.29, 0.717) is 6.54 Å². The maximum Gasteiger partial charge on any atom is 0.141 e. The maximum atomic E-state index is 12.7. The van der Waals surface area contributed by atoms with Crippen LogP contribution in [0.15, 0.2) is 29.4 Å². The van der Waals surface area contributed by atoms with Gasteiger partial charge in [-0.1, -0.05) is 29.4 Å². The van der Waals surface area contributed by atoms with E-state index < -0.39 is 0 Å². The Morgan fingerprint density at radius 1 is 1.67 bits per heavy atom. The molecule has 0 saturated heterocycles. The number of hydrogen-bond donors (Lipinski definition) is 1. The average Bonchev–Trinajstić information content (AvgIpc) is 2.21. The number of nitrogens with zero attached hydrogens (tertiary/aromatic N) is 1. The van der Waals surface area contributed by atoms with Gasteiger partial charge in [-0.15, -0.1) is 0 Å². The van der Waals surface area contributed by atoms with Gasteiger partial charge in [0.2, 0.25) is 0 Å². The SMILES string of the molecule is C=C(Br)CNC(CC)c1ccc(F)cn1. The van der Waals surface area contributed by atoms with Crippen molar-refractivity contribution in [1.29, 1.82) is 0 Å². The summed E-state index contributed by atoms with van der Waals surface area (Å²) in [5.74, 6) is -0.307. The zero-order valence-corrected chi connectivity index (χ0v) is 10.2. The number of nitrogens with one attached hydrogen (secondary N) is 1. The molecule has 1 aromatic heterocycles. The summed E-state index contributed by atoms with van der Waals surface area (Å²) in [5.41, 5.74) is 0.854. The number of pyridine rings is 1. The van der Waals surface area contributed by atoms with Crippen LogP contribution in [-0.2, 0) is 0 Å². The molecule has 1 heterocycles. The number of aromatic nitrogens is 1. The molecule has 0 fully saturated rings. The lowest BCUT2D eigenvalue weighted by Gasteiger charge is -2.15. The Morgan fingerprint density at radius 3 is 2.87 bits per heavy atom. The minimum Gasteiger partial charge on any atom is -0.304 e. The van der Waals surface area contributed by atoms with Gasteiger partial charge >= 0.3 is 0 Å². The van der Waals surface area contributed by atoms with E-state index in [9.17, 15) is 4.39 Å². The van der Waals surface area contributed by atoms with Crippen LogP contribution in [0.2, 0.25) is 0 Å². The highest BCUT2D eigenvalue weighted by Crippen LogP contribution is 2.14. The minimum absolute atomic E-state index is 0.139. The third kappa shape index (κ3) is 4.10. The molecule has 1 atom stereocenters. The fourth-order valence-electron chi connectivity index (χ4n) is 1.29. The van der Waals surface area contributed by atoms with Crippen molar-refractivity contribution < 1.29 is 4.39 Å². The van der Waals surface area contributed by atoms with E-state index in [2.05, 4.69) is 39.7 Å². The first-order valence-electron chi connectivity index (χ1n) is 4.81. The van der Waals surface area contributed by atoms with E-state index in [1.54, 1.807) is 6.07 Å². The number of rotatable bonds is 5. The van der Waals surface area contributed by atoms with Gasteiger partial charge in [-0.05, 0) is 18.6 Å². The largest absolute Gasteiger partial charge is 0.304 e. The number of hydrogen-bond acceptors (Lipinski definition) is 2. The van der Waals surface area contributed by atoms with Gasteiger partial charge in [0.1, 0.15) is 5.82 Å². The molecular formula is C11H14BrFN2. The summed E-state index contributed by atoms with van der Waals surface area (Å²) in [6.45, 7) is 6.48. The van der Waals surface area contributed by atoms with Crippen molar-refractivity contribution in [3.63, 3.8) is 0 Å². The Morgan fingerprint density at radius 2 is 2.40 bits per heavy atom. The van der Waals surface area contributed by atoms with E-state index in [4.69, 9.17) is 0 Å². The van der Waals surface area contributed by atoms with Crippen LogP contribution >= 0.6 is 15.9 Å². The molecule has 0 radical (unpaired) electrons. The standard InChI is InChI=1S/C11H14BrFN2/c1-3-10(14-6-8(2)12)11-5-4-9(13)7-15-11/h4-5,7,10,14H,2-3,6H2,1H3. The second-order valence-corrected chi connectivity index (χ2v) is 4.38. The molecule has 0 saturated carbocycles. The van der Waals surface area contributed by atoms with E-state index in [-0.39, 0.29) is 11.9 Å². The van der Waals surface area contributed by atoms with Crippen molar-refractivity contribution in [3.8, 4) is 0 Å². The highest BCUT2D eigenvalue weighted by Gasteiger charge is 2.09. The van der Waals surface area contributed by atoms with Crippen molar-refractivity contribution in [1.82, 2.24) is 10.3 Å². The van der Waals surface area contributed by atoms with Gasteiger partial charge in [-0.2, -0.15) is 0 Å². The fraction of sp³-hybridized carbons (Fsp3) is 0.364. The van der Waals surface area contributed by atoms with Crippen LogP contribution in [0.5, 0.6) is 0 Å². The van der Waals surface area contributed by atoms with Gasteiger partial charge in [0.15, 0.2) is 0 Å². The van der Waals surface area contributed by atoms with Crippen LogP contribution in [0.3, 0.4) is 0 Å². The van der Waals surface area contributed by atoms with Crippen molar-refractivity contribution in [3.05, 3.63) is 40.9 Å². The predicted octanol–water partition coefficient (Wildman–Crippen LogP) is 3.17. The van der Waals surface area contributed by atoms with Gasteiger partial charge in [-0.25, -0.2) is 4.39 Å². The van der Waals surface area contributed by atoms with Crippen molar-refractivity contribution in [2.75, 3.05) is 6.54 Å². The summed E-state index contributed by atoms with van der Waals surface area (Å²) >= 11 is 3.28. The highest BCUT2D eigenvalue weighted by atomic mass is 79.9. The molecule has 1 unspecified atom stereocenters. The molecule has 0 amide bonds.